The number of aromatic nitrogens is 2. The SMILES string of the molecule is CC(C)CCn1c(SCC#N)nc2sc3c(c2c1=O)CCCC3. The molecular weight excluding hydrogens is 326 g/mol. The fraction of sp³-hybridized carbons (Fsp3) is 0.588. The van der Waals surface area contributed by atoms with Gasteiger partial charge in [0.1, 0.15) is 4.83 Å². The summed E-state index contributed by atoms with van der Waals surface area (Å²) in [6.45, 7) is 4.99. The van der Waals surface area contributed by atoms with Crippen LogP contribution in [0.2, 0.25) is 0 Å². The number of aryl methyl sites for hydroxylation is 2. The average Bonchev–Trinajstić information content (AvgIpc) is 2.90. The quantitative estimate of drug-likeness (QED) is 0.606. The van der Waals surface area contributed by atoms with Crippen LogP contribution in [0.15, 0.2) is 9.95 Å². The van der Waals surface area contributed by atoms with Crippen molar-refractivity contribution in [2.45, 2.75) is 57.7 Å². The molecule has 23 heavy (non-hydrogen) atoms. The van der Waals surface area contributed by atoms with Crippen molar-refractivity contribution in [1.82, 2.24) is 9.55 Å². The molecule has 0 bridgehead atoms. The third-order valence-corrected chi connectivity index (χ3v) is 6.26. The highest BCUT2D eigenvalue weighted by Crippen LogP contribution is 2.34. The lowest BCUT2D eigenvalue weighted by Gasteiger charge is -2.13. The van der Waals surface area contributed by atoms with Gasteiger partial charge in [0, 0.05) is 11.4 Å². The molecule has 4 nitrogen and oxygen atoms in total. The van der Waals surface area contributed by atoms with Gasteiger partial charge in [-0.1, -0.05) is 25.6 Å². The highest BCUT2D eigenvalue weighted by molar-refractivity contribution is 7.99. The lowest BCUT2D eigenvalue weighted by atomic mass is 9.97. The van der Waals surface area contributed by atoms with E-state index in [4.69, 9.17) is 10.2 Å². The van der Waals surface area contributed by atoms with Crippen molar-refractivity contribution >= 4 is 33.3 Å². The van der Waals surface area contributed by atoms with Gasteiger partial charge in [0.2, 0.25) is 0 Å². The van der Waals surface area contributed by atoms with Crippen LogP contribution in [-0.2, 0) is 19.4 Å². The Bertz CT molecular complexity index is 814. The predicted octanol–water partition coefficient (Wildman–Crippen LogP) is 4.00. The van der Waals surface area contributed by atoms with E-state index < -0.39 is 0 Å². The van der Waals surface area contributed by atoms with E-state index in [0.29, 0.717) is 23.4 Å². The lowest BCUT2D eigenvalue weighted by molar-refractivity contribution is 0.481. The molecule has 0 aromatic carbocycles. The molecule has 0 radical (unpaired) electrons. The van der Waals surface area contributed by atoms with Crippen LogP contribution in [0.25, 0.3) is 10.2 Å². The molecule has 2 aromatic heterocycles. The molecule has 1 aliphatic rings. The summed E-state index contributed by atoms with van der Waals surface area (Å²) in [6, 6.07) is 2.14. The zero-order chi connectivity index (χ0) is 16.4. The molecule has 2 aromatic rings. The van der Waals surface area contributed by atoms with E-state index >= 15 is 0 Å². The van der Waals surface area contributed by atoms with Gasteiger partial charge in [0.05, 0.1) is 17.2 Å². The molecule has 0 N–H and O–H groups in total. The first-order valence-corrected chi connectivity index (χ1v) is 9.97. The predicted molar refractivity (Wildman–Crippen MR) is 96.3 cm³/mol. The van der Waals surface area contributed by atoms with Crippen LogP contribution in [0.4, 0.5) is 0 Å². The first-order chi connectivity index (χ1) is 11.1. The van der Waals surface area contributed by atoms with Gasteiger partial charge in [0.15, 0.2) is 5.16 Å². The first kappa shape index (κ1) is 16.5. The molecular formula is C17H21N3OS2. The summed E-state index contributed by atoms with van der Waals surface area (Å²) in [6.07, 6.45) is 5.38. The smallest absolute Gasteiger partial charge is 0.263 e. The lowest BCUT2D eigenvalue weighted by Crippen LogP contribution is -2.24. The summed E-state index contributed by atoms with van der Waals surface area (Å²) in [5, 5.41) is 10.4. The van der Waals surface area contributed by atoms with Crippen LogP contribution in [-0.4, -0.2) is 15.3 Å². The molecule has 3 rings (SSSR count). The third kappa shape index (κ3) is 3.31. The second kappa shape index (κ2) is 7.06. The van der Waals surface area contributed by atoms with Gasteiger partial charge in [0.25, 0.3) is 5.56 Å². The van der Waals surface area contributed by atoms with Gasteiger partial charge in [-0.05, 0) is 43.6 Å². The fourth-order valence-corrected chi connectivity index (χ4v) is 5.00. The van der Waals surface area contributed by atoms with Crippen LogP contribution in [0.5, 0.6) is 0 Å². The molecule has 0 amide bonds. The largest absolute Gasteiger partial charge is 0.287 e. The molecule has 0 saturated carbocycles. The Balaban J connectivity index is 2.14. The summed E-state index contributed by atoms with van der Waals surface area (Å²) in [5.41, 5.74) is 1.33. The van der Waals surface area contributed by atoms with E-state index in [0.717, 1.165) is 35.9 Å². The maximum atomic E-state index is 13.1. The Labute approximate surface area is 144 Å². The highest BCUT2D eigenvalue weighted by atomic mass is 32.2. The van der Waals surface area contributed by atoms with Crippen LogP contribution in [0.3, 0.4) is 0 Å². The number of nitriles is 1. The van der Waals surface area contributed by atoms with Crippen molar-refractivity contribution in [2.24, 2.45) is 5.92 Å². The Morgan fingerprint density at radius 1 is 1.39 bits per heavy atom. The number of nitrogens with zero attached hydrogens (tertiary/aromatic N) is 3. The van der Waals surface area contributed by atoms with Gasteiger partial charge >= 0.3 is 0 Å². The minimum Gasteiger partial charge on any atom is -0.287 e. The molecule has 0 saturated heterocycles. The summed E-state index contributed by atoms with van der Waals surface area (Å²) in [7, 11) is 0. The van der Waals surface area contributed by atoms with E-state index in [1.165, 1.54) is 28.6 Å². The number of hydrogen-bond acceptors (Lipinski definition) is 5. The van der Waals surface area contributed by atoms with Crippen LogP contribution in [0.1, 0.15) is 43.6 Å². The van der Waals surface area contributed by atoms with Gasteiger partial charge in [-0.2, -0.15) is 5.26 Å². The minimum atomic E-state index is 0.0930. The van der Waals surface area contributed by atoms with Crippen molar-refractivity contribution in [1.29, 1.82) is 5.26 Å². The van der Waals surface area contributed by atoms with Crippen LogP contribution >= 0.6 is 23.1 Å². The second-order valence-corrected chi connectivity index (χ2v) is 8.40. The summed E-state index contributed by atoms with van der Waals surface area (Å²) in [4.78, 5) is 20.0. The molecule has 1 aliphatic carbocycles. The summed E-state index contributed by atoms with van der Waals surface area (Å²) >= 11 is 3.04. The van der Waals surface area contributed by atoms with Crippen LogP contribution in [0, 0.1) is 17.2 Å². The maximum absolute atomic E-state index is 13.1. The molecule has 0 spiro atoms. The molecule has 122 valence electrons. The van der Waals surface area contributed by atoms with Crippen LogP contribution < -0.4 is 5.56 Å². The second-order valence-electron chi connectivity index (χ2n) is 6.37. The van der Waals surface area contributed by atoms with E-state index in [9.17, 15) is 4.79 Å². The van der Waals surface area contributed by atoms with E-state index in [2.05, 4.69) is 19.9 Å². The van der Waals surface area contributed by atoms with Gasteiger partial charge in [-0.15, -0.1) is 11.3 Å². The Hall–Kier alpha value is -1.32. The average molecular weight is 348 g/mol. The van der Waals surface area contributed by atoms with E-state index in [1.54, 1.807) is 15.9 Å². The number of rotatable bonds is 5. The molecule has 0 aliphatic heterocycles. The molecule has 0 fully saturated rings. The zero-order valence-corrected chi connectivity index (χ0v) is 15.2. The Morgan fingerprint density at radius 3 is 2.91 bits per heavy atom. The first-order valence-electron chi connectivity index (χ1n) is 8.16. The Morgan fingerprint density at radius 2 is 2.17 bits per heavy atom. The molecule has 0 atom stereocenters. The molecule has 6 heteroatoms. The van der Waals surface area contributed by atoms with Crippen molar-refractivity contribution in [3.63, 3.8) is 0 Å². The number of hydrogen-bond donors (Lipinski definition) is 0. The number of fused-ring (bicyclic) bond motifs is 3. The molecule has 2 heterocycles. The highest BCUT2D eigenvalue weighted by Gasteiger charge is 2.22. The van der Waals surface area contributed by atoms with Gasteiger partial charge in [-0.3, -0.25) is 9.36 Å². The van der Waals surface area contributed by atoms with Crippen molar-refractivity contribution in [2.75, 3.05) is 5.75 Å². The minimum absolute atomic E-state index is 0.0930. The Kier molecular flexibility index (Phi) is 5.08. The van der Waals surface area contributed by atoms with Crippen molar-refractivity contribution in [3.8, 4) is 6.07 Å². The third-order valence-electron chi connectivity index (χ3n) is 4.24. The van der Waals surface area contributed by atoms with E-state index in [-0.39, 0.29) is 5.56 Å². The number of thioether (sulfide) groups is 1. The van der Waals surface area contributed by atoms with E-state index in [1.807, 2.05) is 0 Å². The fourth-order valence-electron chi connectivity index (χ4n) is 3.01. The monoisotopic (exact) mass is 347 g/mol. The normalized spacial score (nSPS) is 14.2. The van der Waals surface area contributed by atoms with Crippen molar-refractivity contribution < 1.29 is 0 Å². The maximum Gasteiger partial charge on any atom is 0.263 e. The molecule has 0 unspecified atom stereocenters. The standard InChI is InChI=1S/C17H21N3OS2/c1-11(2)7-9-20-16(21)14-12-5-3-4-6-13(12)23-15(14)19-17(20)22-10-8-18/h11H,3-7,9-10H2,1-2H3. The summed E-state index contributed by atoms with van der Waals surface area (Å²) in [5.74, 6) is 0.854. The topological polar surface area (TPSA) is 58.7 Å². The van der Waals surface area contributed by atoms with Crippen molar-refractivity contribution in [3.05, 3.63) is 20.8 Å². The zero-order valence-electron chi connectivity index (χ0n) is 13.6. The summed E-state index contributed by atoms with van der Waals surface area (Å²) < 4.78 is 1.80. The van der Waals surface area contributed by atoms with Gasteiger partial charge in [-0.25, -0.2) is 4.98 Å². The van der Waals surface area contributed by atoms with Gasteiger partial charge < -0.3 is 0 Å². The number of thiophene rings is 1.